The van der Waals surface area contributed by atoms with E-state index in [0.717, 1.165) is 17.0 Å². The first-order valence-corrected chi connectivity index (χ1v) is 9.50. The molecule has 6 nitrogen and oxygen atoms in total. The van der Waals surface area contributed by atoms with Gasteiger partial charge in [0.2, 0.25) is 5.16 Å². The van der Waals surface area contributed by atoms with Crippen LogP contribution < -0.4 is 4.74 Å². The number of aliphatic hydroxyl groups is 1. The highest BCUT2D eigenvalue weighted by atomic mass is 32.2. The number of aromatic nitrogens is 4. The molecule has 0 aliphatic rings. The zero-order valence-corrected chi connectivity index (χ0v) is 15.6. The minimum absolute atomic E-state index is 0.226. The van der Waals surface area contributed by atoms with Gasteiger partial charge in [-0.25, -0.2) is 0 Å². The number of hydrogen-bond acceptors (Lipinski definition) is 6. The van der Waals surface area contributed by atoms with Gasteiger partial charge in [0.25, 0.3) is 0 Å². The lowest BCUT2D eigenvalue weighted by molar-refractivity contribution is 0.125. The van der Waals surface area contributed by atoms with Crippen LogP contribution >= 0.6 is 11.8 Å². The van der Waals surface area contributed by atoms with Crippen molar-refractivity contribution in [2.75, 3.05) is 12.4 Å². The molecule has 3 rings (SSSR count). The summed E-state index contributed by atoms with van der Waals surface area (Å²) in [5.41, 5.74) is 2.02. The quantitative estimate of drug-likeness (QED) is 0.613. The zero-order chi connectivity index (χ0) is 18.4. The molecule has 0 radical (unpaired) electrons. The third-order valence-corrected chi connectivity index (χ3v) is 4.88. The smallest absolute Gasteiger partial charge is 0.214 e. The highest BCUT2D eigenvalue weighted by Crippen LogP contribution is 2.26. The number of tetrazole rings is 1. The minimum atomic E-state index is -0.624. The second-order valence-corrected chi connectivity index (χ2v) is 7.16. The maximum absolute atomic E-state index is 10.3. The van der Waals surface area contributed by atoms with Crippen molar-refractivity contribution >= 4 is 11.8 Å². The number of benzene rings is 2. The summed E-state index contributed by atoms with van der Waals surface area (Å²) in [7, 11) is 0. The summed E-state index contributed by atoms with van der Waals surface area (Å²) in [5, 5.41) is 22.7. The summed E-state index contributed by atoms with van der Waals surface area (Å²) in [6, 6.07) is 17.6. The lowest BCUT2D eigenvalue weighted by atomic mass is 10.0. The number of thioether (sulfide) groups is 1. The fraction of sp³-hybridized carbons (Fsp3) is 0.316. The Labute approximate surface area is 157 Å². The Morgan fingerprint density at radius 1 is 1.08 bits per heavy atom. The molecule has 1 N–H and O–H groups in total. The predicted molar refractivity (Wildman–Crippen MR) is 102 cm³/mol. The number of nitrogens with zero attached hydrogens (tertiary/aromatic N) is 4. The molecule has 0 fully saturated rings. The van der Waals surface area contributed by atoms with Crippen LogP contribution in [0.5, 0.6) is 5.75 Å². The van der Waals surface area contributed by atoms with Gasteiger partial charge in [0.15, 0.2) is 0 Å². The van der Waals surface area contributed by atoms with Crippen molar-refractivity contribution in [3.63, 3.8) is 0 Å². The Hall–Kier alpha value is -2.38. The van der Waals surface area contributed by atoms with Gasteiger partial charge >= 0.3 is 0 Å². The second kappa shape index (κ2) is 8.82. The fourth-order valence-electron chi connectivity index (χ4n) is 2.49. The van der Waals surface area contributed by atoms with Gasteiger partial charge in [-0.05, 0) is 40.1 Å². The van der Waals surface area contributed by atoms with Crippen molar-refractivity contribution in [2.24, 2.45) is 0 Å². The van der Waals surface area contributed by atoms with Gasteiger partial charge in [0, 0.05) is 5.75 Å². The molecule has 0 aliphatic heterocycles. The van der Waals surface area contributed by atoms with Gasteiger partial charge < -0.3 is 9.84 Å². The van der Waals surface area contributed by atoms with Crippen molar-refractivity contribution in [1.82, 2.24) is 20.2 Å². The van der Waals surface area contributed by atoms with Gasteiger partial charge in [-0.1, -0.05) is 62.0 Å². The molecule has 136 valence electrons. The summed E-state index contributed by atoms with van der Waals surface area (Å²) >= 11 is 1.40. The molecule has 0 saturated carbocycles. The maximum atomic E-state index is 10.3. The second-order valence-electron chi connectivity index (χ2n) is 6.18. The Kier molecular flexibility index (Phi) is 6.25. The fourth-order valence-corrected chi connectivity index (χ4v) is 3.29. The summed E-state index contributed by atoms with van der Waals surface area (Å²) in [4.78, 5) is 0. The molecule has 7 heteroatoms. The minimum Gasteiger partial charge on any atom is -0.491 e. The van der Waals surface area contributed by atoms with Crippen LogP contribution in [-0.2, 0) is 0 Å². The number of rotatable bonds is 8. The predicted octanol–water partition coefficient (Wildman–Crippen LogP) is 3.32. The summed E-state index contributed by atoms with van der Waals surface area (Å²) in [5.74, 6) is 1.63. The van der Waals surface area contributed by atoms with Gasteiger partial charge in [0.05, 0.1) is 11.8 Å². The average molecular weight is 370 g/mol. The standard InChI is InChI=1S/C19H22N4O2S/c1-14(2)17-10-6-7-11-18(17)25-12-16(24)13-26-19-20-21-22-23(19)15-8-4-3-5-9-15/h3-11,14,16,24H,12-13H2,1-2H3/t16-/m0/s1. The molecule has 1 aromatic heterocycles. The average Bonchev–Trinajstić information content (AvgIpc) is 3.14. The normalized spacial score (nSPS) is 12.3. The number of aliphatic hydroxyl groups excluding tert-OH is 1. The van der Waals surface area contributed by atoms with Crippen LogP contribution in [-0.4, -0.2) is 43.8 Å². The van der Waals surface area contributed by atoms with Crippen LogP contribution in [0.15, 0.2) is 59.8 Å². The van der Waals surface area contributed by atoms with E-state index in [1.165, 1.54) is 11.8 Å². The highest BCUT2D eigenvalue weighted by Gasteiger charge is 2.14. The van der Waals surface area contributed by atoms with Crippen LogP contribution in [0.4, 0.5) is 0 Å². The van der Waals surface area contributed by atoms with E-state index in [4.69, 9.17) is 4.74 Å². The first kappa shape index (κ1) is 18.4. The van der Waals surface area contributed by atoms with E-state index in [9.17, 15) is 5.11 Å². The summed E-state index contributed by atoms with van der Waals surface area (Å²) in [6.07, 6.45) is -0.624. The van der Waals surface area contributed by atoms with E-state index in [-0.39, 0.29) is 6.61 Å². The van der Waals surface area contributed by atoms with Crippen LogP contribution in [0.25, 0.3) is 5.69 Å². The van der Waals surface area contributed by atoms with E-state index >= 15 is 0 Å². The van der Waals surface area contributed by atoms with Crippen molar-refractivity contribution in [2.45, 2.75) is 31.0 Å². The van der Waals surface area contributed by atoms with E-state index in [1.807, 2.05) is 48.5 Å². The van der Waals surface area contributed by atoms with Crippen LogP contribution in [0.1, 0.15) is 25.3 Å². The Balaban J connectivity index is 1.56. The highest BCUT2D eigenvalue weighted by molar-refractivity contribution is 7.99. The van der Waals surface area contributed by atoms with Crippen molar-refractivity contribution in [3.8, 4) is 11.4 Å². The van der Waals surface area contributed by atoms with Crippen molar-refractivity contribution in [3.05, 3.63) is 60.2 Å². The molecule has 2 aromatic carbocycles. The first-order chi connectivity index (χ1) is 12.6. The molecule has 0 unspecified atom stereocenters. The topological polar surface area (TPSA) is 73.1 Å². The van der Waals surface area contributed by atoms with E-state index in [1.54, 1.807) is 4.68 Å². The molecule has 1 atom stereocenters. The molecule has 0 amide bonds. The molecule has 1 heterocycles. The van der Waals surface area contributed by atoms with Gasteiger partial charge in [-0.3, -0.25) is 0 Å². The van der Waals surface area contributed by atoms with E-state index < -0.39 is 6.10 Å². The van der Waals surface area contributed by atoms with E-state index in [0.29, 0.717) is 16.8 Å². The Morgan fingerprint density at radius 2 is 1.81 bits per heavy atom. The number of ether oxygens (including phenoxy) is 1. The lowest BCUT2D eigenvalue weighted by Crippen LogP contribution is -2.21. The number of hydrogen-bond donors (Lipinski definition) is 1. The van der Waals surface area contributed by atoms with Crippen LogP contribution in [0.2, 0.25) is 0 Å². The van der Waals surface area contributed by atoms with Gasteiger partial charge in [0.1, 0.15) is 12.4 Å². The maximum Gasteiger partial charge on any atom is 0.214 e. The lowest BCUT2D eigenvalue weighted by Gasteiger charge is -2.16. The molecular weight excluding hydrogens is 348 g/mol. The molecule has 0 aliphatic carbocycles. The van der Waals surface area contributed by atoms with E-state index in [2.05, 4.69) is 35.4 Å². The molecule has 0 spiro atoms. The monoisotopic (exact) mass is 370 g/mol. The zero-order valence-electron chi connectivity index (χ0n) is 14.8. The van der Waals surface area contributed by atoms with Crippen molar-refractivity contribution in [1.29, 1.82) is 0 Å². The largest absolute Gasteiger partial charge is 0.491 e. The summed E-state index contributed by atoms with van der Waals surface area (Å²) < 4.78 is 7.48. The van der Waals surface area contributed by atoms with Gasteiger partial charge in [-0.2, -0.15) is 4.68 Å². The third kappa shape index (κ3) is 4.62. The molecular formula is C19H22N4O2S. The first-order valence-electron chi connectivity index (χ1n) is 8.51. The van der Waals surface area contributed by atoms with Crippen LogP contribution in [0, 0.1) is 0 Å². The van der Waals surface area contributed by atoms with Crippen molar-refractivity contribution < 1.29 is 9.84 Å². The molecule has 0 saturated heterocycles. The molecule has 3 aromatic rings. The molecule has 0 bridgehead atoms. The summed E-state index contributed by atoms with van der Waals surface area (Å²) in [6.45, 7) is 4.47. The third-order valence-electron chi connectivity index (χ3n) is 3.82. The Bertz CT molecular complexity index is 823. The van der Waals surface area contributed by atoms with Gasteiger partial charge in [-0.15, -0.1) is 5.10 Å². The Morgan fingerprint density at radius 3 is 2.58 bits per heavy atom. The SMILES string of the molecule is CC(C)c1ccccc1OC[C@H](O)CSc1nnnn1-c1ccccc1. The van der Waals surface area contributed by atoms with Crippen LogP contribution in [0.3, 0.4) is 0 Å². The molecule has 26 heavy (non-hydrogen) atoms. The number of para-hydroxylation sites is 2.